The van der Waals surface area contributed by atoms with E-state index in [2.05, 4.69) is 32.8 Å². The van der Waals surface area contributed by atoms with Gasteiger partial charge in [-0.05, 0) is 33.1 Å². The van der Waals surface area contributed by atoms with Gasteiger partial charge < -0.3 is 41.9 Å². The number of amides is 4. The van der Waals surface area contributed by atoms with Crippen molar-refractivity contribution >= 4 is 29.4 Å². The summed E-state index contributed by atoms with van der Waals surface area (Å²) >= 11 is 0. The van der Waals surface area contributed by atoms with Crippen LogP contribution in [-0.2, 0) is 39.9 Å². The maximum Gasteiger partial charge on any atom is 0.245 e. The van der Waals surface area contributed by atoms with Crippen LogP contribution in [0.15, 0.2) is 12.5 Å². The Bertz CT molecular complexity index is 1180. The van der Waals surface area contributed by atoms with Gasteiger partial charge in [0.25, 0.3) is 0 Å². The fourth-order valence-corrected chi connectivity index (χ4v) is 6.21. The van der Waals surface area contributed by atoms with Gasteiger partial charge in [0.2, 0.25) is 23.6 Å². The molecule has 4 amide bonds. The van der Waals surface area contributed by atoms with Gasteiger partial charge in [0.05, 0.1) is 37.7 Å². The highest BCUT2D eigenvalue weighted by Crippen LogP contribution is 2.18. The number of ketones is 1. The molecule has 1 unspecified atom stereocenters. The Morgan fingerprint density at radius 3 is 1.93 bits per heavy atom. The van der Waals surface area contributed by atoms with Gasteiger partial charge >= 0.3 is 0 Å². The van der Waals surface area contributed by atoms with Gasteiger partial charge in [-0.25, -0.2) is 4.98 Å². The molecule has 55 heavy (non-hydrogen) atoms. The third-order valence-corrected chi connectivity index (χ3v) is 9.78. The SMILES string of the molecule is CCCCCCCCCCCCCCCCCC(=O)NCCOCCOCC(=O)NCCCCC(CC(=O)C(C)(C)NC(=O)[C@@H](N)Cc1cnc[nH]1)C(N)=O. The Kier molecular flexibility index (Phi) is 28.7. The fraction of sp³-hybridized carbons (Fsp3) is 0.805. The molecule has 1 aromatic rings. The van der Waals surface area contributed by atoms with Crippen molar-refractivity contribution in [3.8, 4) is 0 Å². The molecule has 14 nitrogen and oxygen atoms in total. The number of hydrogen-bond acceptors (Lipinski definition) is 9. The number of unbranched alkanes of at least 4 members (excludes halogenated alkanes) is 15. The van der Waals surface area contributed by atoms with Crippen molar-refractivity contribution in [2.45, 2.75) is 167 Å². The van der Waals surface area contributed by atoms with Crippen LogP contribution in [0, 0.1) is 5.92 Å². The Hall–Kier alpha value is -3.36. The molecule has 1 rings (SSSR count). The molecule has 0 saturated heterocycles. The third-order valence-electron chi connectivity index (χ3n) is 9.78. The smallest absolute Gasteiger partial charge is 0.245 e. The minimum Gasteiger partial charge on any atom is -0.377 e. The van der Waals surface area contributed by atoms with Crippen LogP contribution in [0.4, 0.5) is 0 Å². The number of Topliss-reactive ketones (excluding diaryl/α,β-unsaturated/α-hetero) is 1. The normalized spacial score (nSPS) is 12.6. The van der Waals surface area contributed by atoms with E-state index in [4.69, 9.17) is 20.9 Å². The van der Waals surface area contributed by atoms with Crippen molar-refractivity contribution in [2.24, 2.45) is 17.4 Å². The van der Waals surface area contributed by atoms with Gasteiger partial charge in [-0.3, -0.25) is 24.0 Å². The summed E-state index contributed by atoms with van der Waals surface area (Å²) < 4.78 is 10.9. The Morgan fingerprint density at radius 1 is 0.764 bits per heavy atom. The van der Waals surface area contributed by atoms with Crippen molar-refractivity contribution in [1.82, 2.24) is 25.9 Å². The summed E-state index contributed by atoms with van der Waals surface area (Å²) in [6, 6.07) is -0.878. The van der Waals surface area contributed by atoms with Crippen molar-refractivity contribution in [1.29, 1.82) is 0 Å². The lowest BCUT2D eigenvalue weighted by Gasteiger charge is -2.28. The number of carbonyl (C=O) groups excluding carboxylic acids is 5. The number of H-pyrrole nitrogens is 1. The number of imidazole rings is 1. The molecule has 1 heterocycles. The van der Waals surface area contributed by atoms with E-state index in [0.717, 1.165) is 12.8 Å². The number of carbonyl (C=O) groups is 5. The number of primary amides is 1. The van der Waals surface area contributed by atoms with Crippen LogP contribution in [0.5, 0.6) is 0 Å². The monoisotopic (exact) mass is 778 g/mol. The molecule has 0 radical (unpaired) electrons. The Morgan fingerprint density at radius 2 is 1.35 bits per heavy atom. The third kappa shape index (κ3) is 27.0. The predicted molar refractivity (Wildman–Crippen MR) is 216 cm³/mol. The van der Waals surface area contributed by atoms with Gasteiger partial charge in [-0.1, -0.05) is 103 Å². The van der Waals surface area contributed by atoms with Crippen LogP contribution in [0.3, 0.4) is 0 Å². The number of nitrogens with one attached hydrogen (secondary N) is 4. The summed E-state index contributed by atoms with van der Waals surface area (Å²) in [5.74, 6) is -2.33. The first kappa shape index (κ1) is 49.7. The molecule has 0 saturated carbocycles. The van der Waals surface area contributed by atoms with Crippen LogP contribution in [0.2, 0.25) is 0 Å². The number of nitrogens with two attached hydrogens (primary N) is 2. The highest BCUT2D eigenvalue weighted by atomic mass is 16.5. The lowest BCUT2D eigenvalue weighted by Crippen LogP contribution is -2.55. The van der Waals surface area contributed by atoms with Crippen molar-refractivity contribution in [3.05, 3.63) is 18.2 Å². The number of ether oxygens (including phenoxy) is 2. The van der Waals surface area contributed by atoms with Crippen molar-refractivity contribution in [2.75, 3.05) is 39.5 Å². The van der Waals surface area contributed by atoms with Crippen LogP contribution >= 0.6 is 0 Å². The molecule has 0 spiro atoms. The standard InChI is InChI=1S/C41H75N7O7/c1-4-5-6-7-8-9-10-11-12-13-14-15-16-17-18-22-37(50)46-24-25-54-26-27-55-31-38(51)45-23-20-19-21-33(39(43)52)28-36(49)41(2,3)48-40(53)35(42)29-34-30-44-32-47-34/h30,32-33,35H,4-29,31,42H2,1-3H3,(H2,43,52)(H,44,47)(H,45,51)(H,46,50)(H,48,53)/t33?,35-/m0/s1. The van der Waals surface area contributed by atoms with Crippen LogP contribution in [0.25, 0.3) is 0 Å². The van der Waals surface area contributed by atoms with Crippen molar-refractivity contribution in [3.63, 3.8) is 0 Å². The fourth-order valence-electron chi connectivity index (χ4n) is 6.21. The van der Waals surface area contributed by atoms with E-state index in [1.807, 2.05) is 0 Å². The molecule has 316 valence electrons. The van der Waals surface area contributed by atoms with E-state index in [9.17, 15) is 24.0 Å². The first-order chi connectivity index (χ1) is 26.5. The topological polar surface area (TPSA) is 221 Å². The number of hydrogen-bond donors (Lipinski definition) is 6. The summed E-state index contributed by atoms with van der Waals surface area (Å²) in [4.78, 5) is 68.6. The van der Waals surface area contributed by atoms with Crippen molar-refractivity contribution < 1.29 is 33.4 Å². The van der Waals surface area contributed by atoms with Gasteiger partial charge in [0.15, 0.2) is 5.78 Å². The van der Waals surface area contributed by atoms with E-state index in [0.29, 0.717) is 57.7 Å². The molecule has 0 aliphatic rings. The summed E-state index contributed by atoms with van der Waals surface area (Å²) in [6.45, 7) is 7.07. The minimum atomic E-state index is -1.24. The summed E-state index contributed by atoms with van der Waals surface area (Å²) in [6.07, 6.45) is 24.8. The number of aromatic amines is 1. The van der Waals surface area contributed by atoms with Gasteiger partial charge in [0.1, 0.15) is 6.61 Å². The summed E-state index contributed by atoms with van der Waals surface area (Å²) in [7, 11) is 0. The molecule has 0 aromatic carbocycles. The predicted octanol–water partition coefficient (Wildman–Crippen LogP) is 4.93. The zero-order valence-electron chi connectivity index (χ0n) is 34.4. The lowest BCUT2D eigenvalue weighted by molar-refractivity contribution is -0.134. The molecule has 8 N–H and O–H groups in total. The van der Waals surface area contributed by atoms with Crippen LogP contribution in [0.1, 0.15) is 155 Å². The van der Waals surface area contributed by atoms with Gasteiger partial charge in [-0.2, -0.15) is 0 Å². The minimum absolute atomic E-state index is 0.0538. The second-order valence-electron chi connectivity index (χ2n) is 15.3. The van der Waals surface area contributed by atoms with Gasteiger partial charge in [0, 0.05) is 50.2 Å². The average molecular weight is 778 g/mol. The maximum absolute atomic E-state index is 13.0. The molecule has 0 aliphatic carbocycles. The quantitative estimate of drug-likeness (QED) is 0.0504. The lowest BCUT2D eigenvalue weighted by atomic mass is 9.87. The Balaban J connectivity index is 1.99. The first-order valence-electron chi connectivity index (χ1n) is 21.0. The molecular weight excluding hydrogens is 702 g/mol. The zero-order valence-corrected chi connectivity index (χ0v) is 34.4. The molecule has 0 fully saturated rings. The van der Waals surface area contributed by atoms with E-state index >= 15 is 0 Å². The second kappa shape index (κ2) is 31.8. The largest absolute Gasteiger partial charge is 0.377 e. The maximum atomic E-state index is 13.0. The molecule has 1 aromatic heterocycles. The molecular formula is C41H75N7O7. The molecule has 0 aliphatic heterocycles. The number of nitrogens with zero attached hydrogens (tertiary/aromatic N) is 1. The highest BCUT2D eigenvalue weighted by Gasteiger charge is 2.33. The summed E-state index contributed by atoms with van der Waals surface area (Å²) in [5.41, 5.74) is 11.0. The average Bonchev–Trinajstić information content (AvgIpc) is 3.66. The van der Waals surface area contributed by atoms with Crippen LogP contribution in [-0.4, -0.2) is 90.5 Å². The first-order valence-corrected chi connectivity index (χ1v) is 21.0. The molecule has 14 heteroatoms. The second-order valence-corrected chi connectivity index (χ2v) is 15.3. The highest BCUT2D eigenvalue weighted by molar-refractivity contribution is 5.95. The summed E-state index contributed by atoms with van der Waals surface area (Å²) in [5, 5.41) is 8.33. The van der Waals surface area contributed by atoms with E-state index in [-0.39, 0.29) is 43.7 Å². The number of aromatic nitrogens is 2. The van der Waals surface area contributed by atoms with E-state index < -0.39 is 29.3 Å². The number of rotatable bonds is 37. The molecule has 2 atom stereocenters. The zero-order chi connectivity index (χ0) is 40.6. The Labute approximate surface area is 330 Å². The molecule has 0 bridgehead atoms. The van der Waals surface area contributed by atoms with E-state index in [1.165, 1.54) is 89.8 Å². The van der Waals surface area contributed by atoms with E-state index in [1.54, 1.807) is 20.0 Å². The van der Waals surface area contributed by atoms with Gasteiger partial charge in [-0.15, -0.1) is 0 Å². The van der Waals surface area contributed by atoms with Crippen LogP contribution < -0.4 is 27.4 Å².